The third-order valence-electron chi connectivity index (χ3n) is 6.07. The van der Waals surface area contributed by atoms with E-state index in [1.165, 1.54) is 47.8 Å². The van der Waals surface area contributed by atoms with E-state index in [0.29, 0.717) is 23.6 Å². The first-order valence-corrected chi connectivity index (χ1v) is 12.0. The fourth-order valence-electron chi connectivity index (χ4n) is 4.42. The van der Waals surface area contributed by atoms with Gasteiger partial charge in [-0.25, -0.2) is 9.37 Å². The first-order chi connectivity index (χ1) is 17.1. The minimum Gasteiger partial charge on any atom is -0.492 e. The van der Waals surface area contributed by atoms with Crippen LogP contribution in [0.15, 0.2) is 67.1 Å². The number of carbonyl (C=O) groups is 2. The number of nitrogens with zero attached hydrogens (tertiary/aromatic N) is 3. The van der Waals surface area contributed by atoms with Gasteiger partial charge in [0.2, 0.25) is 5.91 Å². The average molecular weight is 477 g/mol. The van der Waals surface area contributed by atoms with Crippen LogP contribution < -0.4 is 15.0 Å². The number of rotatable bonds is 8. The summed E-state index contributed by atoms with van der Waals surface area (Å²) in [6.07, 6.45) is 9.26. The maximum Gasteiger partial charge on any atom is 0.279 e. The van der Waals surface area contributed by atoms with E-state index in [1.807, 2.05) is 6.92 Å². The van der Waals surface area contributed by atoms with Gasteiger partial charge in [0.25, 0.3) is 5.91 Å². The molecule has 35 heavy (non-hydrogen) atoms. The second-order valence-corrected chi connectivity index (χ2v) is 8.46. The summed E-state index contributed by atoms with van der Waals surface area (Å²) in [5, 5.41) is 3.14. The largest absolute Gasteiger partial charge is 0.492 e. The summed E-state index contributed by atoms with van der Waals surface area (Å²) in [7, 11) is 0. The van der Waals surface area contributed by atoms with Gasteiger partial charge in [0.1, 0.15) is 23.3 Å². The molecule has 1 N–H and O–H groups in total. The highest BCUT2D eigenvalue weighted by atomic mass is 19.1. The number of hydrogen-bond donors (Lipinski definition) is 1. The second kappa shape index (κ2) is 11.6. The minimum absolute atomic E-state index is 0.0230. The Balaban J connectivity index is 1.84. The van der Waals surface area contributed by atoms with Gasteiger partial charge in [-0.15, -0.1) is 0 Å². The van der Waals surface area contributed by atoms with Crippen molar-refractivity contribution in [3.63, 3.8) is 0 Å². The van der Waals surface area contributed by atoms with Crippen molar-refractivity contribution in [2.45, 2.75) is 51.1 Å². The van der Waals surface area contributed by atoms with Crippen LogP contribution in [0.5, 0.6) is 5.75 Å². The van der Waals surface area contributed by atoms with Crippen molar-refractivity contribution in [2.75, 3.05) is 11.5 Å². The Labute approximate surface area is 204 Å². The predicted octanol–water partition coefficient (Wildman–Crippen LogP) is 4.85. The third kappa shape index (κ3) is 5.82. The molecule has 4 rings (SSSR count). The monoisotopic (exact) mass is 476 g/mol. The molecule has 1 aliphatic rings. The molecule has 0 spiro atoms. The Morgan fingerprint density at radius 3 is 2.51 bits per heavy atom. The molecule has 0 radical (unpaired) electrons. The maximum absolute atomic E-state index is 13.9. The van der Waals surface area contributed by atoms with Gasteiger partial charge in [-0.05, 0) is 49.6 Å². The number of aromatic nitrogens is 2. The molecule has 1 saturated carbocycles. The molecule has 2 amide bonds. The zero-order valence-electron chi connectivity index (χ0n) is 19.7. The summed E-state index contributed by atoms with van der Waals surface area (Å²) in [6, 6.07) is 11.6. The summed E-state index contributed by atoms with van der Waals surface area (Å²) in [4.78, 5) is 37.3. The van der Waals surface area contributed by atoms with Crippen molar-refractivity contribution in [1.29, 1.82) is 0 Å². The van der Waals surface area contributed by atoms with Crippen molar-refractivity contribution in [2.24, 2.45) is 0 Å². The molecule has 1 aliphatic carbocycles. The van der Waals surface area contributed by atoms with Crippen LogP contribution in [-0.2, 0) is 4.79 Å². The number of carbonyl (C=O) groups excluding carboxylic acids is 2. The second-order valence-electron chi connectivity index (χ2n) is 8.46. The summed E-state index contributed by atoms with van der Waals surface area (Å²) in [5.74, 6) is -0.836. The highest BCUT2D eigenvalue weighted by molar-refractivity contribution is 6.09. The van der Waals surface area contributed by atoms with Gasteiger partial charge in [0, 0.05) is 18.4 Å². The van der Waals surface area contributed by atoms with Crippen molar-refractivity contribution < 1.29 is 18.7 Å². The summed E-state index contributed by atoms with van der Waals surface area (Å²) in [6.45, 7) is 2.22. The van der Waals surface area contributed by atoms with E-state index >= 15 is 0 Å². The molecule has 3 aromatic rings. The van der Waals surface area contributed by atoms with E-state index in [-0.39, 0.29) is 17.6 Å². The standard InChI is InChI=1S/C27H29FN4O3/c1-2-35-24-11-7-6-10-23(24)32(27(34)22-18-29-16-17-30-22)25(19-12-14-20(28)15-13-19)26(33)31-21-8-4-3-5-9-21/h6-7,10-18,21,25H,2-5,8-9H2,1H3,(H,31,33)/t25-/m1/s1. The summed E-state index contributed by atoms with van der Waals surface area (Å²) < 4.78 is 19.6. The number of benzene rings is 2. The number of halogens is 1. The van der Waals surface area contributed by atoms with Crippen LogP contribution >= 0.6 is 0 Å². The van der Waals surface area contributed by atoms with Crippen LogP contribution in [0.4, 0.5) is 10.1 Å². The molecule has 0 bridgehead atoms. The molecule has 0 unspecified atom stereocenters. The van der Waals surface area contributed by atoms with Gasteiger partial charge in [-0.1, -0.05) is 43.5 Å². The Kier molecular flexibility index (Phi) is 8.03. The zero-order valence-corrected chi connectivity index (χ0v) is 19.7. The fraction of sp³-hybridized carbons (Fsp3) is 0.333. The minimum atomic E-state index is -1.08. The van der Waals surface area contributed by atoms with Crippen LogP contribution in [-0.4, -0.2) is 34.4 Å². The van der Waals surface area contributed by atoms with Gasteiger partial charge in [-0.3, -0.25) is 19.5 Å². The van der Waals surface area contributed by atoms with Crippen LogP contribution in [0.25, 0.3) is 0 Å². The van der Waals surface area contributed by atoms with Crippen LogP contribution in [0, 0.1) is 5.82 Å². The Bertz CT molecular complexity index is 1130. The molecule has 1 fully saturated rings. The lowest BCUT2D eigenvalue weighted by atomic mass is 9.94. The molecule has 1 heterocycles. The number of para-hydroxylation sites is 2. The van der Waals surface area contributed by atoms with Crippen molar-refractivity contribution in [1.82, 2.24) is 15.3 Å². The SMILES string of the molecule is CCOc1ccccc1N(C(=O)c1cnccn1)[C@@H](C(=O)NC1CCCCC1)c1ccc(F)cc1. The van der Waals surface area contributed by atoms with Crippen LogP contribution in [0.2, 0.25) is 0 Å². The first-order valence-electron chi connectivity index (χ1n) is 12.0. The fourth-order valence-corrected chi connectivity index (χ4v) is 4.42. The van der Waals surface area contributed by atoms with Crippen molar-refractivity contribution >= 4 is 17.5 Å². The normalized spacial score (nSPS) is 14.7. The molecular formula is C27H29FN4O3. The summed E-state index contributed by atoms with van der Waals surface area (Å²) >= 11 is 0. The smallest absolute Gasteiger partial charge is 0.279 e. The van der Waals surface area contributed by atoms with Gasteiger partial charge in [0.05, 0.1) is 18.5 Å². The molecule has 1 atom stereocenters. The Morgan fingerprint density at radius 2 is 1.83 bits per heavy atom. The lowest BCUT2D eigenvalue weighted by Gasteiger charge is -2.34. The lowest BCUT2D eigenvalue weighted by Crippen LogP contribution is -2.47. The van der Waals surface area contributed by atoms with E-state index in [0.717, 1.165) is 32.1 Å². The lowest BCUT2D eigenvalue weighted by molar-refractivity contribution is -0.123. The Morgan fingerprint density at radius 1 is 1.09 bits per heavy atom. The zero-order chi connectivity index (χ0) is 24.6. The number of hydrogen-bond acceptors (Lipinski definition) is 5. The maximum atomic E-state index is 13.9. The Hall–Kier alpha value is -3.81. The first kappa shape index (κ1) is 24.3. The van der Waals surface area contributed by atoms with E-state index in [2.05, 4.69) is 15.3 Å². The quantitative estimate of drug-likeness (QED) is 0.502. The number of amides is 2. The number of nitrogens with one attached hydrogen (secondary N) is 1. The number of anilines is 1. The molecule has 8 heteroatoms. The van der Waals surface area contributed by atoms with Crippen molar-refractivity contribution in [3.8, 4) is 5.75 Å². The molecule has 0 aliphatic heterocycles. The topological polar surface area (TPSA) is 84.4 Å². The van der Waals surface area contributed by atoms with Gasteiger partial charge in [-0.2, -0.15) is 0 Å². The van der Waals surface area contributed by atoms with Gasteiger partial charge in [0.15, 0.2) is 0 Å². The molecule has 2 aromatic carbocycles. The van der Waals surface area contributed by atoms with Crippen LogP contribution in [0.3, 0.4) is 0 Å². The molecule has 7 nitrogen and oxygen atoms in total. The highest BCUT2D eigenvalue weighted by Crippen LogP contribution is 2.36. The van der Waals surface area contributed by atoms with Crippen molar-refractivity contribution in [3.05, 3.63) is 84.2 Å². The molecule has 1 aromatic heterocycles. The van der Waals surface area contributed by atoms with Gasteiger partial charge < -0.3 is 10.1 Å². The number of ether oxygens (including phenoxy) is 1. The van der Waals surface area contributed by atoms with Gasteiger partial charge >= 0.3 is 0 Å². The third-order valence-corrected chi connectivity index (χ3v) is 6.07. The summed E-state index contributed by atoms with van der Waals surface area (Å²) in [5.41, 5.74) is 0.970. The molecular weight excluding hydrogens is 447 g/mol. The molecule has 182 valence electrons. The van der Waals surface area contributed by atoms with Crippen LogP contribution in [0.1, 0.15) is 61.1 Å². The molecule has 0 saturated heterocycles. The predicted molar refractivity (Wildman–Crippen MR) is 131 cm³/mol. The highest BCUT2D eigenvalue weighted by Gasteiger charge is 2.36. The van der Waals surface area contributed by atoms with E-state index in [1.54, 1.807) is 24.3 Å². The van der Waals surface area contributed by atoms with E-state index in [9.17, 15) is 14.0 Å². The average Bonchev–Trinajstić information content (AvgIpc) is 2.89. The van der Waals surface area contributed by atoms with E-state index in [4.69, 9.17) is 4.74 Å². The van der Waals surface area contributed by atoms with E-state index < -0.39 is 17.8 Å².